The number of carbonyl (C=O) groups excluding carboxylic acids is 1. The fourth-order valence-electron chi connectivity index (χ4n) is 1.02. The van der Waals surface area contributed by atoms with Crippen LogP contribution in [0.4, 0.5) is 0 Å². The fraction of sp³-hybridized carbons (Fsp3) is 0.800. The Hall–Kier alpha value is -0.233. The van der Waals surface area contributed by atoms with Crippen LogP contribution in [-0.2, 0) is 14.0 Å². The third-order valence-electron chi connectivity index (χ3n) is 1.72. The number of hydrogen-bond donors (Lipinski definition) is 1. The Kier molecular flexibility index (Phi) is 13.6. The summed E-state index contributed by atoms with van der Waals surface area (Å²) in [5.74, 6) is 0. The van der Waals surface area contributed by atoms with E-state index in [1.165, 1.54) is 6.04 Å². The molecular formula is C10H22NO3Si. The van der Waals surface area contributed by atoms with Crippen LogP contribution in [0.3, 0.4) is 0 Å². The molecule has 0 heterocycles. The van der Waals surface area contributed by atoms with Crippen molar-refractivity contribution >= 4 is 16.0 Å². The molecular weight excluding hydrogens is 210 g/mol. The van der Waals surface area contributed by atoms with Gasteiger partial charge in [0.25, 0.3) is 0 Å². The maximum atomic E-state index is 9.89. The van der Waals surface area contributed by atoms with Crippen LogP contribution in [0.2, 0.25) is 6.04 Å². The molecule has 0 saturated carbocycles. The zero-order valence-corrected chi connectivity index (χ0v) is 11.0. The summed E-state index contributed by atoms with van der Waals surface area (Å²) in [5.41, 5.74) is 0. The average molecular weight is 232 g/mol. The van der Waals surface area contributed by atoms with E-state index >= 15 is 0 Å². The molecule has 15 heavy (non-hydrogen) atoms. The van der Waals surface area contributed by atoms with Gasteiger partial charge in [-0.25, -0.2) is 0 Å². The number of aldehydes is 1. The summed E-state index contributed by atoms with van der Waals surface area (Å²) in [6.45, 7) is 4.50. The van der Waals surface area contributed by atoms with Crippen molar-refractivity contribution in [3.8, 4) is 0 Å². The Balaban J connectivity index is 2.83. The molecule has 0 aliphatic rings. The lowest BCUT2D eigenvalue weighted by atomic mass is 10.2. The molecule has 4 nitrogen and oxygen atoms in total. The van der Waals surface area contributed by atoms with Crippen molar-refractivity contribution in [2.24, 2.45) is 0 Å². The maximum absolute atomic E-state index is 9.89. The van der Waals surface area contributed by atoms with Crippen molar-refractivity contribution < 1.29 is 14.0 Å². The van der Waals surface area contributed by atoms with Crippen LogP contribution in [0.5, 0.6) is 0 Å². The van der Waals surface area contributed by atoms with Gasteiger partial charge in [0.15, 0.2) is 9.76 Å². The van der Waals surface area contributed by atoms with Gasteiger partial charge in [-0.2, -0.15) is 0 Å². The summed E-state index contributed by atoms with van der Waals surface area (Å²) in [5, 5.41) is 3.05. The van der Waals surface area contributed by atoms with Crippen molar-refractivity contribution in [2.45, 2.75) is 25.8 Å². The van der Waals surface area contributed by atoms with Crippen molar-refractivity contribution in [1.82, 2.24) is 5.32 Å². The summed E-state index contributed by atoms with van der Waals surface area (Å²) >= 11 is 0. The highest BCUT2D eigenvalue weighted by Crippen LogP contribution is 1.93. The maximum Gasteiger partial charge on any atom is 0.161 e. The van der Waals surface area contributed by atoms with E-state index in [0.29, 0.717) is 6.73 Å². The molecule has 0 aliphatic heterocycles. The second-order valence-electron chi connectivity index (χ2n) is 3.18. The highest BCUT2D eigenvalue weighted by molar-refractivity contribution is 6.26. The van der Waals surface area contributed by atoms with Crippen LogP contribution in [0.1, 0.15) is 19.8 Å². The Morgan fingerprint density at radius 1 is 1.47 bits per heavy atom. The van der Waals surface area contributed by atoms with E-state index in [9.17, 15) is 4.79 Å². The van der Waals surface area contributed by atoms with Crippen molar-refractivity contribution in [1.29, 1.82) is 0 Å². The minimum Gasteiger partial charge on any atom is -0.424 e. The molecule has 0 aliphatic carbocycles. The largest absolute Gasteiger partial charge is 0.424 e. The van der Waals surface area contributed by atoms with Crippen LogP contribution in [0, 0.1) is 6.42 Å². The normalized spacial score (nSPS) is 11.3. The summed E-state index contributed by atoms with van der Waals surface area (Å²) in [6.07, 6.45) is 5.09. The van der Waals surface area contributed by atoms with Gasteiger partial charge in [0, 0.05) is 13.2 Å². The average Bonchev–Trinajstić information content (AvgIpc) is 2.26. The van der Waals surface area contributed by atoms with Gasteiger partial charge in [-0.15, -0.1) is 0 Å². The lowest BCUT2D eigenvalue weighted by molar-refractivity contribution is -0.112. The number of ether oxygens (including phenoxy) is 1. The minimum atomic E-state index is -0.214. The first-order valence-electron chi connectivity index (χ1n) is 5.53. The van der Waals surface area contributed by atoms with Gasteiger partial charge < -0.3 is 14.0 Å². The number of unbranched alkanes of at least 4 members (excludes halogenated alkanes) is 2. The van der Waals surface area contributed by atoms with E-state index in [1.54, 1.807) is 0 Å². The molecule has 0 spiro atoms. The van der Waals surface area contributed by atoms with Gasteiger partial charge in [-0.05, 0) is 25.3 Å². The van der Waals surface area contributed by atoms with Crippen LogP contribution >= 0.6 is 0 Å². The molecule has 0 aromatic carbocycles. The van der Waals surface area contributed by atoms with Crippen LogP contribution in [0.15, 0.2) is 0 Å². The predicted molar refractivity (Wildman–Crippen MR) is 63.4 cm³/mol. The van der Waals surface area contributed by atoms with Gasteiger partial charge in [0.1, 0.15) is 12.9 Å². The van der Waals surface area contributed by atoms with Gasteiger partial charge >= 0.3 is 0 Å². The first kappa shape index (κ1) is 14.8. The molecule has 1 N–H and O–H groups in total. The van der Waals surface area contributed by atoms with Crippen molar-refractivity contribution in [3.05, 3.63) is 6.42 Å². The molecule has 0 aromatic rings. The number of rotatable bonds is 12. The summed E-state index contributed by atoms with van der Waals surface area (Å²) in [4.78, 5) is 9.89. The van der Waals surface area contributed by atoms with E-state index in [2.05, 4.69) is 18.7 Å². The van der Waals surface area contributed by atoms with Crippen molar-refractivity contribution in [3.63, 3.8) is 0 Å². The highest BCUT2D eigenvalue weighted by Gasteiger charge is 1.91. The second kappa shape index (κ2) is 13.8. The zero-order chi connectivity index (χ0) is 11.2. The molecule has 5 heteroatoms. The molecule has 0 aromatic heterocycles. The quantitative estimate of drug-likeness (QED) is 0.227. The topological polar surface area (TPSA) is 47.6 Å². The highest BCUT2D eigenvalue weighted by atomic mass is 28.2. The number of carbonyl (C=O) groups is 1. The molecule has 0 bridgehead atoms. The molecule has 1 radical (unpaired) electrons. The van der Waals surface area contributed by atoms with Gasteiger partial charge in [-0.3, -0.25) is 5.32 Å². The van der Waals surface area contributed by atoms with E-state index < -0.39 is 0 Å². The molecule has 0 fully saturated rings. The predicted octanol–water partition coefficient (Wildman–Crippen LogP) is 0.272. The monoisotopic (exact) mass is 232 g/mol. The summed E-state index contributed by atoms with van der Waals surface area (Å²) < 4.78 is 10.4. The Morgan fingerprint density at radius 3 is 3.07 bits per heavy atom. The molecule has 89 valence electrons. The Labute approximate surface area is 94.7 Å². The third-order valence-corrected chi connectivity index (χ3v) is 2.71. The van der Waals surface area contributed by atoms with Gasteiger partial charge in [0.05, 0.1) is 6.73 Å². The van der Waals surface area contributed by atoms with Crippen LogP contribution < -0.4 is 5.32 Å². The third kappa shape index (κ3) is 13.8. The zero-order valence-electron chi connectivity index (χ0n) is 9.54. The summed E-state index contributed by atoms with van der Waals surface area (Å²) in [7, 11) is -0.214. The van der Waals surface area contributed by atoms with Crippen LogP contribution in [-0.4, -0.2) is 42.5 Å². The first-order chi connectivity index (χ1) is 7.41. The standard InChI is InChI=1S/C10H22NO3Si/c1-2-15-14-8-5-3-4-6-11-10-13-9-7-12/h4,7,11H,2-3,5-6,8-10,15H2,1H3. The Bertz CT molecular complexity index is 136. The van der Waals surface area contributed by atoms with E-state index in [-0.39, 0.29) is 16.4 Å². The lowest BCUT2D eigenvalue weighted by Crippen LogP contribution is -2.20. The number of hydrogen-bond acceptors (Lipinski definition) is 4. The molecule has 0 unspecified atom stereocenters. The molecule has 0 saturated heterocycles. The molecule has 0 rings (SSSR count). The lowest BCUT2D eigenvalue weighted by Gasteiger charge is -2.04. The first-order valence-corrected chi connectivity index (χ1v) is 7.11. The smallest absolute Gasteiger partial charge is 0.161 e. The SMILES string of the molecule is CC[SiH2]OCCC[CH]CNCOCC=O. The molecule has 0 amide bonds. The Morgan fingerprint density at radius 2 is 2.33 bits per heavy atom. The number of nitrogens with one attached hydrogen (secondary N) is 1. The van der Waals surface area contributed by atoms with Gasteiger partial charge in [-0.1, -0.05) is 6.92 Å². The second-order valence-corrected chi connectivity index (χ2v) is 5.00. The van der Waals surface area contributed by atoms with E-state index in [0.717, 1.165) is 32.3 Å². The minimum absolute atomic E-state index is 0.169. The molecule has 0 atom stereocenters. The van der Waals surface area contributed by atoms with Gasteiger partial charge in [0.2, 0.25) is 0 Å². The van der Waals surface area contributed by atoms with E-state index in [1.807, 2.05) is 0 Å². The summed E-state index contributed by atoms with van der Waals surface area (Å²) in [6, 6.07) is 1.22. The van der Waals surface area contributed by atoms with E-state index in [4.69, 9.17) is 9.16 Å². The fourth-order valence-corrected chi connectivity index (χ4v) is 1.72. The van der Waals surface area contributed by atoms with Crippen molar-refractivity contribution in [2.75, 3.05) is 26.5 Å². The van der Waals surface area contributed by atoms with Crippen LogP contribution in [0.25, 0.3) is 0 Å².